The second kappa shape index (κ2) is 7.41. The molecule has 20 heavy (non-hydrogen) atoms. The Hall–Kier alpha value is -2.19. The second-order valence-corrected chi connectivity index (χ2v) is 5.21. The number of amides is 1. The first-order valence-electron chi connectivity index (χ1n) is 6.43. The van der Waals surface area contributed by atoms with Gasteiger partial charge in [-0.25, -0.2) is 4.79 Å². The summed E-state index contributed by atoms with van der Waals surface area (Å²) < 4.78 is 5.11. The molecular formula is C15H21N3O2. The lowest BCUT2D eigenvalue weighted by atomic mass is 10.2. The highest BCUT2D eigenvalue weighted by Crippen LogP contribution is 2.08. The van der Waals surface area contributed by atoms with Crippen LogP contribution in [0.5, 0.6) is 0 Å². The quantitative estimate of drug-likeness (QED) is 0.342. The number of ether oxygens (including phenoxy) is 1. The second-order valence-electron chi connectivity index (χ2n) is 5.21. The van der Waals surface area contributed by atoms with Crippen molar-refractivity contribution in [1.82, 2.24) is 5.32 Å². The molecule has 5 nitrogen and oxygen atoms in total. The van der Waals surface area contributed by atoms with Crippen LogP contribution < -0.4 is 16.6 Å². The molecule has 0 bridgehead atoms. The fraction of sp³-hybridized carbons (Fsp3) is 0.400. The van der Waals surface area contributed by atoms with E-state index in [9.17, 15) is 4.79 Å². The Morgan fingerprint density at radius 3 is 2.80 bits per heavy atom. The van der Waals surface area contributed by atoms with Gasteiger partial charge in [0.05, 0.1) is 0 Å². The molecule has 0 aliphatic heterocycles. The highest BCUT2D eigenvalue weighted by Gasteiger charge is 2.15. The van der Waals surface area contributed by atoms with Gasteiger partial charge in [0.25, 0.3) is 0 Å². The summed E-state index contributed by atoms with van der Waals surface area (Å²) in [6, 6.07) is 7.48. The Balaban J connectivity index is 2.34. The maximum atomic E-state index is 11.4. The van der Waals surface area contributed by atoms with E-state index in [-0.39, 0.29) is 0 Å². The maximum Gasteiger partial charge on any atom is 0.407 e. The summed E-state index contributed by atoms with van der Waals surface area (Å²) in [5, 5.41) is 2.65. The van der Waals surface area contributed by atoms with Crippen LogP contribution in [0.4, 0.5) is 10.5 Å². The van der Waals surface area contributed by atoms with E-state index in [0.29, 0.717) is 13.0 Å². The number of alkyl carbamates (subject to hydrolysis) is 1. The van der Waals surface area contributed by atoms with E-state index < -0.39 is 11.7 Å². The van der Waals surface area contributed by atoms with Gasteiger partial charge in [-0.05, 0) is 39.0 Å². The van der Waals surface area contributed by atoms with Gasteiger partial charge in [-0.2, -0.15) is 0 Å². The molecule has 1 amide bonds. The highest BCUT2D eigenvalue weighted by molar-refractivity contribution is 5.67. The fourth-order valence-electron chi connectivity index (χ4n) is 1.39. The minimum absolute atomic E-state index is 0.423. The SMILES string of the molecule is CC(C)(C)OC(=O)NCCC#Cc1cccc(NN)c1. The van der Waals surface area contributed by atoms with Crippen LogP contribution in [0.25, 0.3) is 0 Å². The fourth-order valence-corrected chi connectivity index (χ4v) is 1.39. The number of hydrogen-bond donors (Lipinski definition) is 3. The van der Waals surface area contributed by atoms with E-state index in [1.165, 1.54) is 0 Å². The van der Waals surface area contributed by atoms with Crippen molar-refractivity contribution < 1.29 is 9.53 Å². The van der Waals surface area contributed by atoms with Gasteiger partial charge >= 0.3 is 6.09 Å². The summed E-state index contributed by atoms with van der Waals surface area (Å²) in [5.74, 6) is 11.3. The van der Waals surface area contributed by atoms with E-state index in [1.54, 1.807) is 0 Å². The van der Waals surface area contributed by atoms with Gasteiger partial charge < -0.3 is 15.5 Å². The van der Waals surface area contributed by atoms with E-state index in [0.717, 1.165) is 11.3 Å². The lowest BCUT2D eigenvalue weighted by Gasteiger charge is -2.19. The molecule has 0 radical (unpaired) electrons. The third kappa shape index (κ3) is 6.66. The Bertz CT molecular complexity index is 510. The van der Waals surface area contributed by atoms with Crippen molar-refractivity contribution in [3.8, 4) is 11.8 Å². The Morgan fingerprint density at radius 1 is 1.40 bits per heavy atom. The first kappa shape index (κ1) is 15.9. The van der Waals surface area contributed by atoms with Crippen LogP contribution in [0.1, 0.15) is 32.8 Å². The van der Waals surface area contributed by atoms with E-state index in [1.807, 2.05) is 45.0 Å². The average molecular weight is 275 g/mol. The third-order valence-corrected chi connectivity index (χ3v) is 2.18. The summed E-state index contributed by atoms with van der Waals surface area (Å²) in [6.45, 7) is 5.93. The van der Waals surface area contributed by atoms with Gasteiger partial charge in [-0.15, -0.1) is 0 Å². The summed E-state index contributed by atoms with van der Waals surface area (Å²) in [6.07, 6.45) is 0.133. The van der Waals surface area contributed by atoms with Crippen molar-refractivity contribution in [2.45, 2.75) is 32.8 Å². The molecule has 0 unspecified atom stereocenters. The molecule has 0 fully saturated rings. The molecule has 108 valence electrons. The zero-order valence-corrected chi connectivity index (χ0v) is 12.1. The normalized spacial score (nSPS) is 10.2. The number of rotatable bonds is 3. The number of hydrogen-bond acceptors (Lipinski definition) is 4. The van der Waals surface area contributed by atoms with Crippen LogP contribution in [-0.2, 0) is 4.74 Å². The van der Waals surface area contributed by atoms with Crippen LogP contribution in [0, 0.1) is 11.8 Å². The number of benzene rings is 1. The maximum absolute atomic E-state index is 11.4. The Kier molecular flexibility index (Phi) is 5.88. The molecule has 5 heteroatoms. The monoisotopic (exact) mass is 275 g/mol. The van der Waals surface area contributed by atoms with Gasteiger partial charge in [0.15, 0.2) is 0 Å². The van der Waals surface area contributed by atoms with Crippen molar-refractivity contribution >= 4 is 11.8 Å². The molecule has 1 aromatic rings. The topological polar surface area (TPSA) is 76.4 Å². The zero-order chi connectivity index (χ0) is 15.0. The van der Waals surface area contributed by atoms with Crippen molar-refractivity contribution in [2.24, 2.45) is 5.84 Å². The Morgan fingerprint density at radius 2 is 2.15 bits per heavy atom. The van der Waals surface area contributed by atoms with Crippen LogP contribution in [0.15, 0.2) is 24.3 Å². The van der Waals surface area contributed by atoms with Crippen molar-refractivity contribution in [1.29, 1.82) is 0 Å². The minimum atomic E-state index is -0.481. The van der Waals surface area contributed by atoms with Gasteiger partial charge in [0.1, 0.15) is 5.60 Å². The van der Waals surface area contributed by atoms with Crippen LogP contribution in [0.3, 0.4) is 0 Å². The smallest absolute Gasteiger partial charge is 0.407 e. The van der Waals surface area contributed by atoms with E-state index in [4.69, 9.17) is 10.6 Å². The summed E-state index contributed by atoms with van der Waals surface area (Å²) in [7, 11) is 0. The van der Waals surface area contributed by atoms with Gasteiger partial charge in [0, 0.05) is 24.2 Å². The van der Waals surface area contributed by atoms with E-state index in [2.05, 4.69) is 22.6 Å². The molecule has 0 aliphatic carbocycles. The lowest BCUT2D eigenvalue weighted by molar-refractivity contribution is 0.0529. The number of anilines is 1. The molecule has 0 aliphatic rings. The van der Waals surface area contributed by atoms with Crippen LogP contribution in [-0.4, -0.2) is 18.2 Å². The van der Waals surface area contributed by atoms with Gasteiger partial charge in [-0.3, -0.25) is 5.84 Å². The first-order valence-corrected chi connectivity index (χ1v) is 6.43. The predicted octanol–water partition coefficient (Wildman–Crippen LogP) is 2.24. The van der Waals surface area contributed by atoms with Crippen molar-refractivity contribution in [2.75, 3.05) is 12.0 Å². The summed E-state index contributed by atoms with van der Waals surface area (Å²) in [4.78, 5) is 11.4. The van der Waals surface area contributed by atoms with Crippen LogP contribution >= 0.6 is 0 Å². The number of carbonyl (C=O) groups is 1. The number of nitrogen functional groups attached to an aromatic ring is 1. The van der Waals surface area contributed by atoms with Gasteiger partial charge in [-0.1, -0.05) is 17.9 Å². The van der Waals surface area contributed by atoms with Crippen molar-refractivity contribution in [3.05, 3.63) is 29.8 Å². The Labute approximate surface area is 119 Å². The lowest BCUT2D eigenvalue weighted by Crippen LogP contribution is -2.32. The summed E-state index contributed by atoms with van der Waals surface area (Å²) in [5.41, 5.74) is 3.77. The number of nitrogens with two attached hydrogens (primary N) is 1. The van der Waals surface area contributed by atoms with Gasteiger partial charge in [0.2, 0.25) is 0 Å². The standard InChI is InChI=1S/C15H21N3O2/c1-15(2,3)20-14(19)17-10-5-4-7-12-8-6-9-13(11-12)18-16/h6,8-9,11,18H,5,10,16H2,1-3H3,(H,17,19). The minimum Gasteiger partial charge on any atom is -0.444 e. The predicted molar refractivity (Wildman–Crippen MR) is 80.0 cm³/mol. The molecule has 1 aromatic carbocycles. The third-order valence-electron chi connectivity index (χ3n) is 2.18. The number of nitrogens with one attached hydrogen (secondary N) is 2. The molecule has 0 spiro atoms. The molecule has 1 rings (SSSR count). The highest BCUT2D eigenvalue weighted by atomic mass is 16.6. The molecule has 0 saturated carbocycles. The van der Waals surface area contributed by atoms with Crippen molar-refractivity contribution in [3.63, 3.8) is 0 Å². The first-order chi connectivity index (χ1) is 9.40. The molecule has 0 heterocycles. The summed E-state index contributed by atoms with van der Waals surface area (Å²) >= 11 is 0. The molecule has 4 N–H and O–H groups in total. The number of hydrazine groups is 1. The largest absolute Gasteiger partial charge is 0.444 e. The molecule has 0 atom stereocenters. The number of carbonyl (C=O) groups excluding carboxylic acids is 1. The molecular weight excluding hydrogens is 254 g/mol. The molecule has 0 aromatic heterocycles. The average Bonchev–Trinajstić information content (AvgIpc) is 2.36. The van der Waals surface area contributed by atoms with E-state index >= 15 is 0 Å². The molecule has 0 saturated heterocycles. The van der Waals surface area contributed by atoms with Crippen LogP contribution in [0.2, 0.25) is 0 Å². The zero-order valence-electron chi connectivity index (χ0n) is 12.1.